The maximum atomic E-state index is 12.6. The maximum absolute atomic E-state index is 12.6. The average molecular weight is 439 g/mol. The zero-order chi connectivity index (χ0) is 22.2. The van der Waals surface area contributed by atoms with Crippen molar-refractivity contribution in [1.82, 2.24) is 14.9 Å². The van der Waals surface area contributed by atoms with E-state index >= 15 is 0 Å². The van der Waals surface area contributed by atoms with Crippen LogP contribution in [-0.4, -0.2) is 54.6 Å². The van der Waals surface area contributed by atoms with Gasteiger partial charge < -0.3 is 5.32 Å². The highest BCUT2D eigenvalue weighted by molar-refractivity contribution is 7.92. The molecule has 1 aliphatic heterocycles. The van der Waals surface area contributed by atoms with E-state index in [1.54, 1.807) is 32.0 Å². The highest BCUT2D eigenvalue weighted by atomic mass is 32.2. The van der Waals surface area contributed by atoms with Gasteiger partial charge in [-0.05, 0) is 50.3 Å². The molecule has 0 amide bonds. The second-order valence-corrected chi connectivity index (χ2v) is 9.09. The number of aromatic nitrogens is 2. The van der Waals surface area contributed by atoms with Gasteiger partial charge in [-0.3, -0.25) is 19.2 Å². The molecule has 2 aromatic rings. The Labute approximate surface area is 179 Å². The largest absolute Gasteiger partial charge is 0.372 e. The smallest absolute Gasteiger partial charge is 0.263 e. The van der Waals surface area contributed by atoms with E-state index in [-0.39, 0.29) is 22.3 Å². The number of anilines is 2. The monoisotopic (exact) mass is 439 g/mol. The third kappa shape index (κ3) is 4.54. The standard InChI is InChI=1S/C21H21N5O4S/c1-13-9-21(24-14(2)23-13)25-31(29,30)16-5-3-15(4-6-16)22-12-26-10-17-18(11-26)20(28)8-7-19(17)27/h3-9,22H,10-12H2,1-2H3,(H,23,24,25). The van der Waals surface area contributed by atoms with Crippen molar-refractivity contribution >= 4 is 33.1 Å². The number of nitrogens with zero attached hydrogens (tertiary/aromatic N) is 3. The Morgan fingerprint density at radius 2 is 1.58 bits per heavy atom. The Hall–Kier alpha value is -3.37. The minimum Gasteiger partial charge on any atom is -0.372 e. The first kappa shape index (κ1) is 20.9. The molecule has 0 fully saturated rings. The van der Waals surface area contributed by atoms with Gasteiger partial charge in [0.2, 0.25) is 0 Å². The summed E-state index contributed by atoms with van der Waals surface area (Å²) in [6.45, 7) is 4.69. The Bertz CT molecular complexity index is 1180. The van der Waals surface area contributed by atoms with Gasteiger partial charge in [0.05, 0.1) is 11.6 Å². The molecule has 2 aliphatic rings. The van der Waals surface area contributed by atoms with Crippen LogP contribution in [-0.2, 0) is 19.6 Å². The van der Waals surface area contributed by atoms with E-state index < -0.39 is 10.0 Å². The zero-order valence-corrected chi connectivity index (χ0v) is 17.9. The van der Waals surface area contributed by atoms with Gasteiger partial charge in [-0.2, -0.15) is 0 Å². The normalized spacial score (nSPS) is 16.6. The molecule has 0 spiro atoms. The van der Waals surface area contributed by atoms with Crippen molar-refractivity contribution in [3.8, 4) is 0 Å². The molecular formula is C21H21N5O4S. The van der Waals surface area contributed by atoms with Gasteiger partial charge in [-0.1, -0.05) is 0 Å². The summed E-state index contributed by atoms with van der Waals surface area (Å²) in [5.41, 5.74) is 2.49. The number of hydrogen-bond donors (Lipinski definition) is 2. The van der Waals surface area contributed by atoms with Crippen LogP contribution in [0.4, 0.5) is 11.5 Å². The van der Waals surface area contributed by atoms with Crippen LogP contribution in [0, 0.1) is 13.8 Å². The van der Waals surface area contributed by atoms with Crippen molar-refractivity contribution < 1.29 is 18.0 Å². The van der Waals surface area contributed by atoms with Crippen molar-refractivity contribution in [3.05, 3.63) is 65.1 Å². The van der Waals surface area contributed by atoms with E-state index in [0.29, 0.717) is 48.1 Å². The van der Waals surface area contributed by atoms with Crippen LogP contribution in [0.25, 0.3) is 0 Å². The van der Waals surface area contributed by atoms with Crippen molar-refractivity contribution in [3.63, 3.8) is 0 Å². The molecule has 0 unspecified atom stereocenters. The summed E-state index contributed by atoms with van der Waals surface area (Å²) >= 11 is 0. The average Bonchev–Trinajstić information content (AvgIpc) is 3.14. The second-order valence-electron chi connectivity index (χ2n) is 7.41. The van der Waals surface area contributed by atoms with E-state index in [2.05, 4.69) is 20.0 Å². The van der Waals surface area contributed by atoms with Crippen LogP contribution in [0.2, 0.25) is 0 Å². The molecule has 1 aromatic heterocycles. The molecule has 4 rings (SSSR count). The summed E-state index contributed by atoms with van der Waals surface area (Å²) in [4.78, 5) is 34.1. The number of sulfonamides is 1. The van der Waals surface area contributed by atoms with Crippen LogP contribution in [0.5, 0.6) is 0 Å². The van der Waals surface area contributed by atoms with Crippen LogP contribution < -0.4 is 10.0 Å². The summed E-state index contributed by atoms with van der Waals surface area (Å²) in [6.07, 6.45) is 2.63. The molecule has 0 bridgehead atoms. The maximum Gasteiger partial charge on any atom is 0.263 e. The van der Waals surface area contributed by atoms with Gasteiger partial charge in [0.15, 0.2) is 11.6 Å². The van der Waals surface area contributed by atoms with Crippen LogP contribution in [0.3, 0.4) is 0 Å². The predicted octanol–water partition coefficient (Wildman–Crippen LogP) is 1.58. The number of carbonyl (C=O) groups excluding carboxylic acids is 2. The number of hydrogen-bond acceptors (Lipinski definition) is 8. The number of aryl methyl sites for hydroxylation is 2. The second kappa shape index (κ2) is 8.05. The molecule has 10 heteroatoms. The van der Waals surface area contributed by atoms with Gasteiger partial charge in [0, 0.05) is 41.7 Å². The van der Waals surface area contributed by atoms with Gasteiger partial charge in [0.1, 0.15) is 11.6 Å². The zero-order valence-electron chi connectivity index (χ0n) is 17.0. The van der Waals surface area contributed by atoms with Gasteiger partial charge in [-0.25, -0.2) is 18.4 Å². The summed E-state index contributed by atoms with van der Waals surface area (Å²) in [5, 5.41) is 3.19. The Balaban J connectivity index is 1.37. The van der Waals surface area contributed by atoms with E-state index in [1.807, 2.05) is 4.90 Å². The lowest BCUT2D eigenvalue weighted by Gasteiger charge is -2.17. The van der Waals surface area contributed by atoms with E-state index in [4.69, 9.17) is 0 Å². The molecule has 1 aliphatic carbocycles. The predicted molar refractivity (Wildman–Crippen MR) is 115 cm³/mol. The molecule has 0 radical (unpaired) electrons. The van der Waals surface area contributed by atoms with Crippen LogP contribution >= 0.6 is 0 Å². The highest BCUT2D eigenvalue weighted by Crippen LogP contribution is 2.23. The van der Waals surface area contributed by atoms with Crippen molar-refractivity contribution in [2.45, 2.75) is 18.7 Å². The number of allylic oxidation sites excluding steroid dienone is 2. The Morgan fingerprint density at radius 3 is 2.16 bits per heavy atom. The fourth-order valence-electron chi connectivity index (χ4n) is 3.53. The number of ketones is 2. The Morgan fingerprint density at radius 1 is 0.968 bits per heavy atom. The number of carbonyl (C=O) groups is 2. The SMILES string of the molecule is Cc1cc(NS(=O)(=O)c2ccc(NCN3CC4=C(C3)C(=O)C=CC4=O)cc2)nc(C)n1. The Kier molecular flexibility index (Phi) is 5.42. The van der Waals surface area contributed by atoms with Gasteiger partial charge >= 0.3 is 0 Å². The topological polar surface area (TPSA) is 121 Å². The first-order chi connectivity index (χ1) is 14.7. The van der Waals surface area contributed by atoms with Gasteiger partial charge in [-0.15, -0.1) is 0 Å². The molecule has 0 saturated carbocycles. The third-order valence-electron chi connectivity index (χ3n) is 4.99. The van der Waals surface area contributed by atoms with Crippen LogP contribution in [0.1, 0.15) is 11.5 Å². The number of nitrogens with one attached hydrogen (secondary N) is 2. The summed E-state index contributed by atoms with van der Waals surface area (Å²) < 4.78 is 27.7. The fourth-order valence-corrected chi connectivity index (χ4v) is 4.52. The third-order valence-corrected chi connectivity index (χ3v) is 6.36. The van der Waals surface area contributed by atoms with Crippen molar-refractivity contribution in [2.24, 2.45) is 0 Å². The van der Waals surface area contributed by atoms with Crippen molar-refractivity contribution in [1.29, 1.82) is 0 Å². The summed E-state index contributed by atoms with van der Waals surface area (Å²) in [7, 11) is -3.79. The first-order valence-corrected chi connectivity index (χ1v) is 11.1. The first-order valence-electron chi connectivity index (χ1n) is 9.61. The lowest BCUT2D eigenvalue weighted by molar-refractivity contribution is -0.115. The van der Waals surface area contributed by atoms with Crippen LogP contribution in [0.15, 0.2) is 58.5 Å². The lowest BCUT2D eigenvalue weighted by Crippen LogP contribution is -2.28. The molecular weight excluding hydrogens is 418 g/mol. The lowest BCUT2D eigenvalue weighted by atomic mass is 9.98. The number of rotatable bonds is 6. The van der Waals surface area contributed by atoms with E-state index in [1.165, 1.54) is 24.3 Å². The van der Waals surface area contributed by atoms with Crippen molar-refractivity contribution in [2.75, 3.05) is 29.8 Å². The molecule has 0 saturated heterocycles. The highest BCUT2D eigenvalue weighted by Gasteiger charge is 2.30. The van der Waals surface area contributed by atoms with E-state index in [0.717, 1.165) is 0 Å². The quantitative estimate of drug-likeness (QED) is 0.651. The molecule has 1 aromatic carbocycles. The molecule has 160 valence electrons. The molecule has 0 atom stereocenters. The minimum atomic E-state index is -3.79. The number of benzene rings is 1. The molecule has 31 heavy (non-hydrogen) atoms. The molecule has 9 nitrogen and oxygen atoms in total. The van der Waals surface area contributed by atoms with E-state index in [9.17, 15) is 18.0 Å². The molecule has 2 N–H and O–H groups in total. The summed E-state index contributed by atoms with van der Waals surface area (Å²) in [5.74, 6) is 0.465. The van der Waals surface area contributed by atoms with Gasteiger partial charge in [0.25, 0.3) is 10.0 Å². The minimum absolute atomic E-state index is 0.104. The fraction of sp³-hybridized carbons (Fsp3) is 0.238. The molecule has 2 heterocycles. The summed E-state index contributed by atoms with van der Waals surface area (Å²) in [6, 6.07) is 7.87.